The van der Waals surface area contributed by atoms with Crippen molar-refractivity contribution in [3.8, 4) is 0 Å². The van der Waals surface area contributed by atoms with Crippen molar-refractivity contribution in [3.05, 3.63) is 66.1 Å². The minimum Gasteiger partial charge on any atom is -0.467 e. The maximum atomic E-state index is 5.90. The fourth-order valence-electron chi connectivity index (χ4n) is 2.79. The number of aromatic nitrogens is 6. The number of anilines is 3. The van der Waals surface area contributed by atoms with Gasteiger partial charge in [0.25, 0.3) is 0 Å². The van der Waals surface area contributed by atoms with Gasteiger partial charge >= 0.3 is 0 Å². The summed E-state index contributed by atoms with van der Waals surface area (Å²) in [7, 11) is 0. The molecule has 3 aromatic heterocycles. The van der Waals surface area contributed by atoms with E-state index in [1.807, 2.05) is 34.9 Å². The molecule has 29 heavy (non-hydrogen) atoms. The van der Waals surface area contributed by atoms with Crippen molar-refractivity contribution in [2.45, 2.75) is 30.8 Å². The summed E-state index contributed by atoms with van der Waals surface area (Å²) in [6, 6.07) is 11.8. The van der Waals surface area contributed by atoms with E-state index in [0.29, 0.717) is 24.1 Å². The van der Waals surface area contributed by atoms with Gasteiger partial charge in [-0.2, -0.15) is 15.0 Å². The molecule has 0 aliphatic heterocycles. The van der Waals surface area contributed by atoms with Crippen molar-refractivity contribution < 1.29 is 4.42 Å². The number of rotatable bonds is 8. The van der Waals surface area contributed by atoms with Gasteiger partial charge in [0.2, 0.25) is 11.9 Å². The first-order valence-corrected chi connectivity index (χ1v) is 10.1. The maximum Gasteiger partial charge on any atom is 0.232 e. The quantitative estimate of drug-likeness (QED) is 0.423. The van der Waals surface area contributed by atoms with Crippen molar-refractivity contribution in [1.82, 2.24) is 29.7 Å². The van der Waals surface area contributed by atoms with E-state index in [4.69, 9.17) is 10.2 Å². The molecule has 0 saturated carbocycles. The molecule has 0 fully saturated rings. The second kappa shape index (κ2) is 8.74. The number of nitrogens with two attached hydrogens (primary N) is 1. The Morgan fingerprint density at radius 2 is 2.03 bits per heavy atom. The minimum atomic E-state index is 0.170. The molecule has 0 unspecified atom stereocenters. The van der Waals surface area contributed by atoms with Crippen LogP contribution < -0.4 is 11.1 Å². The van der Waals surface area contributed by atoms with Gasteiger partial charge in [-0.3, -0.25) is 0 Å². The standard InChI is InChI=1S/C19H20N8OS/c1-2-13-6-3-4-8-15(13)22-18-24-16(23-17(20)25-18)11-29-19-26-21-12-27(19)10-14-7-5-9-28-14/h3-9,12H,2,10-11H2,1H3,(H3,20,22,23,24,25). The number of nitrogens with zero attached hydrogens (tertiary/aromatic N) is 6. The Labute approximate surface area is 171 Å². The first kappa shape index (κ1) is 18.9. The molecular weight excluding hydrogens is 388 g/mol. The molecule has 4 aromatic rings. The molecule has 148 valence electrons. The monoisotopic (exact) mass is 408 g/mol. The molecule has 0 radical (unpaired) electrons. The summed E-state index contributed by atoms with van der Waals surface area (Å²) in [6.07, 6.45) is 4.21. The second-order valence-electron chi connectivity index (χ2n) is 6.18. The molecule has 0 atom stereocenters. The van der Waals surface area contributed by atoms with Crippen LogP contribution in [-0.4, -0.2) is 29.7 Å². The van der Waals surface area contributed by atoms with Gasteiger partial charge in [0.05, 0.1) is 18.6 Å². The van der Waals surface area contributed by atoms with Gasteiger partial charge in [-0.15, -0.1) is 10.2 Å². The van der Waals surface area contributed by atoms with Crippen LogP contribution >= 0.6 is 11.8 Å². The third-order valence-electron chi connectivity index (χ3n) is 4.16. The van der Waals surface area contributed by atoms with E-state index < -0.39 is 0 Å². The number of nitrogens with one attached hydrogen (secondary N) is 1. The van der Waals surface area contributed by atoms with E-state index in [1.54, 1.807) is 12.6 Å². The summed E-state index contributed by atoms with van der Waals surface area (Å²) in [4.78, 5) is 12.9. The Kier molecular flexibility index (Phi) is 5.71. The number of benzene rings is 1. The Bertz CT molecular complexity index is 1080. The summed E-state index contributed by atoms with van der Waals surface area (Å²) in [5, 5.41) is 12.1. The highest BCUT2D eigenvalue weighted by Crippen LogP contribution is 2.23. The van der Waals surface area contributed by atoms with Crippen LogP contribution in [-0.2, 0) is 18.7 Å². The zero-order valence-electron chi connectivity index (χ0n) is 15.8. The lowest BCUT2D eigenvalue weighted by atomic mass is 10.1. The fourth-order valence-corrected chi connectivity index (χ4v) is 3.56. The largest absolute Gasteiger partial charge is 0.467 e. The van der Waals surface area contributed by atoms with Crippen LogP contribution in [0.2, 0.25) is 0 Å². The molecule has 10 heteroatoms. The topological polar surface area (TPSA) is 121 Å². The van der Waals surface area contributed by atoms with Crippen LogP contribution in [0.3, 0.4) is 0 Å². The van der Waals surface area contributed by atoms with Crippen molar-refractivity contribution in [3.63, 3.8) is 0 Å². The van der Waals surface area contributed by atoms with Gasteiger partial charge in [-0.25, -0.2) is 0 Å². The van der Waals surface area contributed by atoms with Gasteiger partial charge in [0.1, 0.15) is 17.9 Å². The molecule has 9 nitrogen and oxygen atoms in total. The van der Waals surface area contributed by atoms with Crippen LogP contribution in [0, 0.1) is 0 Å². The van der Waals surface area contributed by atoms with Gasteiger partial charge < -0.3 is 20.0 Å². The highest BCUT2D eigenvalue weighted by molar-refractivity contribution is 7.98. The molecule has 0 aliphatic carbocycles. The lowest BCUT2D eigenvalue weighted by molar-refractivity contribution is 0.484. The highest BCUT2D eigenvalue weighted by Gasteiger charge is 2.11. The fraction of sp³-hybridized carbons (Fsp3) is 0.211. The maximum absolute atomic E-state index is 5.90. The van der Waals surface area contributed by atoms with Crippen LogP contribution in [0.25, 0.3) is 0 Å². The first-order valence-electron chi connectivity index (χ1n) is 9.09. The summed E-state index contributed by atoms with van der Waals surface area (Å²) >= 11 is 1.47. The van der Waals surface area contributed by atoms with E-state index >= 15 is 0 Å². The molecule has 0 aliphatic rings. The van der Waals surface area contributed by atoms with E-state index in [1.165, 1.54) is 17.3 Å². The average Bonchev–Trinajstić information content (AvgIpc) is 3.39. The number of nitrogen functional groups attached to an aromatic ring is 1. The third kappa shape index (κ3) is 4.72. The van der Waals surface area contributed by atoms with Gasteiger partial charge in [-0.1, -0.05) is 36.9 Å². The Morgan fingerprint density at radius 1 is 1.14 bits per heavy atom. The number of para-hydroxylation sites is 1. The molecule has 0 saturated heterocycles. The lowest BCUT2D eigenvalue weighted by Crippen LogP contribution is -2.07. The van der Waals surface area contributed by atoms with Crippen molar-refractivity contribution in [2.24, 2.45) is 0 Å². The second-order valence-corrected chi connectivity index (χ2v) is 7.12. The van der Waals surface area contributed by atoms with E-state index in [9.17, 15) is 0 Å². The number of aryl methyl sites for hydroxylation is 1. The molecule has 1 aromatic carbocycles. The molecule has 3 heterocycles. The van der Waals surface area contributed by atoms with Crippen LogP contribution in [0.4, 0.5) is 17.6 Å². The predicted octanol–water partition coefficient (Wildman–Crippen LogP) is 3.28. The summed E-state index contributed by atoms with van der Waals surface area (Å²) in [5.41, 5.74) is 8.03. The van der Waals surface area contributed by atoms with E-state index in [-0.39, 0.29) is 5.95 Å². The average molecular weight is 408 g/mol. The zero-order valence-corrected chi connectivity index (χ0v) is 16.6. The summed E-state index contributed by atoms with van der Waals surface area (Å²) < 4.78 is 7.30. The van der Waals surface area contributed by atoms with Gasteiger partial charge in [0.15, 0.2) is 5.16 Å². The highest BCUT2D eigenvalue weighted by atomic mass is 32.2. The third-order valence-corrected chi connectivity index (χ3v) is 5.14. The smallest absolute Gasteiger partial charge is 0.232 e. The number of hydrogen-bond acceptors (Lipinski definition) is 9. The molecule has 4 rings (SSSR count). The van der Waals surface area contributed by atoms with Gasteiger partial charge in [-0.05, 0) is 30.2 Å². The van der Waals surface area contributed by atoms with Crippen molar-refractivity contribution in [2.75, 3.05) is 11.1 Å². The lowest BCUT2D eigenvalue weighted by Gasteiger charge is -2.10. The van der Waals surface area contributed by atoms with Crippen LogP contribution in [0.15, 0.2) is 58.6 Å². The van der Waals surface area contributed by atoms with Crippen LogP contribution in [0.5, 0.6) is 0 Å². The number of furan rings is 1. The molecular formula is C19H20N8OS. The Morgan fingerprint density at radius 3 is 2.86 bits per heavy atom. The molecule has 3 N–H and O–H groups in total. The number of hydrogen-bond donors (Lipinski definition) is 2. The van der Waals surface area contributed by atoms with E-state index in [0.717, 1.165) is 23.0 Å². The van der Waals surface area contributed by atoms with Crippen molar-refractivity contribution in [1.29, 1.82) is 0 Å². The molecule has 0 bridgehead atoms. The van der Waals surface area contributed by atoms with E-state index in [2.05, 4.69) is 43.5 Å². The minimum absolute atomic E-state index is 0.170. The van der Waals surface area contributed by atoms with Gasteiger partial charge in [0, 0.05) is 5.69 Å². The molecule has 0 amide bonds. The Balaban J connectivity index is 1.47. The SMILES string of the molecule is CCc1ccccc1Nc1nc(N)nc(CSc2nncn2Cc2ccco2)n1. The summed E-state index contributed by atoms with van der Waals surface area (Å²) in [5.74, 6) is 2.46. The normalized spacial score (nSPS) is 10.9. The zero-order chi connectivity index (χ0) is 20.1. The summed E-state index contributed by atoms with van der Waals surface area (Å²) in [6.45, 7) is 2.66. The molecule has 0 spiro atoms. The number of thioether (sulfide) groups is 1. The van der Waals surface area contributed by atoms with Crippen LogP contribution in [0.1, 0.15) is 24.1 Å². The Hall–Kier alpha value is -3.40. The first-order chi connectivity index (χ1) is 14.2. The van der Waals surface area contributed by atoms with Crippen molar-refractivity contribution >= 4 is 29.3 Å². The predicted molar refractivity (Wildman–Crippen MR) is 111 cm³/mol.